The Morgan fingerprint density at radius 3 is 3.00 bits per heavy atom. The van der Waals surface area contributed by atoms with Gasteiger partial charge in [-0.15, -0.1) is 0 Å². The summed E-state index contributed by atoms with van der Waals surface area (Å²) in [4.78, 5) is 11.0. The summed E-state index contributed by atoms with van der Waals surface area (Å²) in [7, 11) is 0. The Hall–Kier alpha value is -1.05. The van der Waals surface area contributed by atoms with Crippen LogP contribution in [0.1, 0.15) is 20.3 Å². The van der Waals surface area contributed by atoms with Gasteiger partial charge in [0, 0.05) is 12.6 Å². The lowest BCUT2D eigenvalue weighted by atomic mass is 10.0. The Morgan fingerprint density at radius 1 is 1.58 bits per heavy atom. The molecule has 0 radical (unpaired) electrons. The zero-order valence-corrected chi connectivity index (χ0v) is 7.63. The molecule has 1 amide bonds. The van der Waals surface area contributed by atoms with Crippen molar-refractivity contribution in [1.82, 2.24) is 5.32 Å². The van der Waals surface area contributed by atoms with Gasteiger partial charge in [-0.25, -0.2) is 0 Å². The molecule has 0 saturated carbocycles. The summed E-state index contributed by atoms with van der Waals surface area (Å²) in [5, 5.41) is 2.75. The second kappa shape index (κ2) is 4.10. The lowest BCUT2D eigenvalue weighted by Gasteiger charge is -2.03. The van der Waals surface area contributed by atoms with Gasteiger partial charge in [-0.3, -0.25) is 4.79 Å². The molecule has 0 bridgehead atoms. The monoisotopic (exact) mass is 165 g/mol. The summed E-state index contributed by atoms with van der Waals surface area (Å²) in [6, 6.07) is 0. The molecule has 0 aliphatic carbocycles. The first-order valence-corrected chi connectivity index (χ1v) is 4.33. The van der Waals surface area contributed by atoms with E-state index in [0.717, 1.165) is 12.0 Å². The fourth-order valence-electron chi connectivity index (χ4n) is 1.24. The number of rotatable bonds is 2. The van der Waals surface area contributed by atoms with Crippen molar-refractivity contribution in [3.05, 3.63) is 23.8 Å². The zero-order valence-electron chi connectivity index (χ0n) is 7.63. The topological polar surface area (TPSA) is 29.1 Å². The second-order valence-corrected chi connectivity index (χ2v) is 3.46. The maximum atomic E-state index is 11.0. The predicted molar refractivity (Wildman–Crippen MR) is 49.7 cm³/mol. The number of carbonyl (C=O) groups excluding carboxylic acids is 1. The van der Waals surface area contributed by atoms with Crippen LogP contribution in [0.4, 0.5) is 0 Å². The van der Waals surface area contributed by atoms with E-state index in [1.807, 2.05) is 12.2 Å². The van der Waals surface area contributed by atoms with Crippen molar-refractivity contribution < 1.29 is 4.79 Å². The van der Waals surface area contributed by atoms with Crippen molar-refractivity contribution >= 4 is 5.91 Å². The third-order valence-corrected chi connectivity index (χ3v) is 1.69. The molecule has 1 aliphatic rings. The van der Waals surface area contributed by atoms with Crippen LogP contribution in [0.5, 0.6) is 0 Å². The van der Waals surface area contributed by atoms with Crippen molar-refractivity contribution in [3.8, 4) is 0 Å². The van der Waals surface area contributed by atoms with Crippen molar-refractivity contribution in [1.29, 1.82) is 0 Å². The highest BCUT2D eigenvalue weighted by Crippen LogP contribution is 2.12. The van der Waals surface area contributed by atoms with Crippen molar-refractivity contribution in [3.63, 3.8) is 0 Å². The Balaban J connectivity index is 2.64. The smallest absolute Gasteiger partial charge is 0.244 e. The molecule has 1 rings (SSSR count). The Bertz CT molecular complexity index is 226. The summed E-state index contributed by atoms with van der Waals surface area (Å²) in [6.45, 7) is 4.95. The highest BCUT2D eigenvalue weighted by Gasteiger charge is 2.03. The van der Waals surface area contributed by atoms with E-state index >= 15 is 0 Å². The van der Waals surface area contributed by atoms with Crippen LogP contribution in [0.15, 0.2) is 23.8 Å². The van der Waals surface area contributed by atoms with Gasteiger partial charge >= 0.3 is 0 Å². The lowest BCUT2D eigenvalue weighted by molar-refractivity contribution is -0.116. The number of nitrogens with one attached hydrogen (secondary N) is 1. The molecule has 1 heterocycles. The van der Waals surface area contributed by atoms with E-state index in [-0.39, 0.29) is 5.91 Å². The molecule has 2 heteroatoms. The Kier molecular flexibility index (Phi) is 3.09. The number of allylic oxidation sites excluding steroid dienone is 2. The highest BCUT2D eigenvalue weighted by molar-refractivity contribution is 5.89. The second-order valence-electron chi connectivity index (χ2n) is 3.46. The minimum absolute atomic E-state index is 0.0238. The van der Waals surface area contributed by atoms with E-state index in [1.165, 1.54) is 0 Å². The Morgan fingerprint density at radius 2 is 2.33 bits per heavy atom. The average molecular weight is 165 g/mol. The Labute approximate surface area is 73.4 Å². The summed E-state index contributed by atoms with van der Waals surface area (Å²) in [5.74, 6) is 0.627. The third kappa shape index (κ3) is 2.91. The van der Waals surface area contributed by atoms with Gasteiger partial charge in [0.2, 0.25) is 5.91 Å². The summed E-state index contributed by atoms with van der Waals surface area (Å²) < 4.78 is 0. The highest BCUT2D eigenvalue weighted by atomic mass is 16.1. The normalized spacial score (nSPS) is 17.2. The molecular weight excluding hydrogens is 150 g/mol. The van der Waals surface area contributed by atoms with Crippen LogP contribution in [0.2, 0.25) is 0 Å². The van der Waals surface area contributed by atoms with Crippen LogP contribution in [0.3, 0.4) is 0 Å². The van der Waals surface area contributed by atoms with Crippen molar-refractivity contribution in [2.75, 3.05) is 6.54 Å². The van der Waals surface area contributed by atoms with Gasteiger partial charge in [-0.2, -0.15) is 0 Å². The molecule has 0 spiro atoms. The number of amides is 1. The first-order valence-electron chi connectivity index (χ1n) is 4.33. The van der Waals surface area contributed by atoms with Gasteiger partial charge in [0.15, 0.2) is 0 Å². The average Bonchev–Trinajstić information content (AvgIpc) is 2.12. The fourth-order valence-corrected chi connectivity index (χ4v) is 1.24. The zero-order chi connectivity index (χ0) is 8.97. The number of hydrogen-bond acceptors (Lipinski definition) is 1. The standard InChI is InChI=1S/C10H15NO/c1-8(2)6-9-4-3-5-11-10(12)7-9/h3-4,7-8H,5-6H2,1-2H3,(H,11,12). The van der Waals surface area contributed by atoms with Crippen molar-refractivity contribution in [2.45, 2.75) is 20.3 Å². The van der Waals surface area contributed by atoms with Crippen LogP contribution < -0.4 is 5.32 Å². The summed E-state index contributed by atoms with van der Waals surface area (Å²) in [5.41, 5.74) is 1.13. The van der Waals surface area contributed by atoms with E-state index in [2.05, 4.69) is 19.2 Å². The number of carbonyl (C=O) groups is 1. The molecule has 0 aromatic heterocycles. The fraction of sp³-hybridized carbons (Fsp3) is 0.500. The predicted octanol–water partition coefficient (Wildman–Crippen LogP) is 1.64. The van der Waals surface area contributed by atoms with Gasteiger partial charge in [0.1, 0.15) is 0 Å². The largest absolute Gasteiger partial charge is 0.349 e. The van der Waals surface area contributed by atoms with Crippen LogP contribution >= 0.6 is 0 Å². The number of hydrogen-bond donors (Lipinski definition) is 1. The van der Waals surface area contributed by atoms with Crippen LogP contribution in [-0.4, -0.2) is 12.5 Å². The van der Waals surface area contributed by atoms with Gasteiger partial charge in [-0.1, -0.05) is 26.0 Å². The quantitative estimate of drug-likeness (QED) is 0.662. The maximum Gasteiger partial charge on any atom is 0.244 e. The summed E-state index contributed by atoms with van der Waals surface area (Å²) in [6.07, 6.45) is 6.67. The minimum Gasteiger partial charge on any atom is -0.349 e. The van der Waals surface area contributed by atoms with Gasteiger partial charge in [0.25, 0.3) is 0 Å². The van der Waals surface area contributed by atoms with E-state index in [9.17, 15) is 4.79 Å². The van der Waals surface area contributed by atoms with Crippen LogP contribution in [-0.2, 0) is 4.79 Å². The molecule has 2 nitrogen and oxygen atoms in total. The maximum absolute atomic E-state index is 11.0. The molecule has 12 heavy (non-hydrogen) atoms. The molecule has 0 atom stereocenters. The molecule has 1 aliphatic heterocycles. The van der Waals surface area contributed by atoms with E-state index in [4.69, 9.17) is 0 Å². The molecule has 0 aromatic rings. The SMILES string of the molecule is CC(C)CC1=CC(=O)NCC=C1. The van der Waals surface area contributed by atoms with Gasteiger partial charge in [-0.05, 0) is 17.9 Å². The van der Waals surface area contributed by atoms with Crippen LogP contribution in [0.25, 0.3) is 0 Å². The molecule has 1 N–H and O–H groups in total. The third-order valence-electron chi connectivity index (χ3n) is 1.69. The lowest BCUT2D eigenvalue weighted by Crippen LogP contribution is -2.19. The molecule has 0 saturated heterocycles. The van der Waals surface area contributed by atoms with Gasteiger partial charge in [0.05, 0.1) is 0 Å². The molecule has 66 valence electrons. The molecule has 0 unspecified atom stereocenters. The summed E-state index contributed by atoms with van der Waals surface area (Å²) >= 11 is 0. The first kappa shape index (κ1) is 9.04. The van der Waals surface area contributed by atoms with E-state index in [0.29, 0.717) is 12.5 Å². The van der Waals surface area contributed by atoms with Crippen molar-refractivity contribution in [2.24, 2.45) is 5.92 Å². The molecule has 0 aromatic carbocycles. The molecular formula is C10H15NO. The van der Waals surface area contributed by atoms with Crippen LogP contribution in [0, 0.1) is 5.92 Å². The minimum atomic E-state index is 0.0238. The molecule has 0 fully saturated rings. The van der Waals surface area contributed by atoms with E-state index in [1.54, 1.807) is 6.08 Å². The van der Waals surface area contributed by atoms with E-state index < -0.39 is 0 Å². The van der Waals surface area contributed by atoms with Gasteiger partial charge < -0.3 is 5.32 Å². The first-order chi connectivity index (χ1) is 5.68.